The summed E-state index contributed by atoms with van der Waals surface area (Å²) in [5.41, 5.74) is 0.595. The molecule has 0 fully saturated rings. The van der Waals surface area contributed by atoms with Crippen molar-refractivity contribution in [3.05, 3.63) is 0 Å². The van der Waals surface area contributed by atoms with E-state index in [-0.39, 0.29) is 5.88 Å². The number of rotatable bonds is 4. The fourth-order valence-electron chi connectivity index (χ4n) is 0.414. The predicted molar refractivity (Wildman–Crippen MR) is 39.9 cm³/mol. The lowest BCUT2D eigenvalue weighted by Crippen LogP contribution is -1.99. The molecular weight excluding hydrogens is 161 g/mol. The van der Waals surface area contributed by atoms with Crippen LogP contribution in [0.25, 0.3) is 0 Å². The highest BCUT2D eigenvalue weighted by molar-refractivity contribution is 6.28. The van der Waals surface area contributed by atoms with E-state index < -0.39 is 0 Å². The van der Waals surface area contributed by atoms with Gasteiger partial charge in [0.25, 0.3) is 0 Å². The van der Waals surface area contributed by atoms with Crippen molar-refractivity contribution in [2.75, 3.05) is 11.8 Å². The summed E-state index contributed by atoms with van der Waals surface area (Å²) in [5, 5.41) is 11.2. The Labute approximate surface area is 64.4 Å². The smallest absolute Gasteiger partial charge is 0.0718 e. The van der Waals surface area contributed by atoms with Crippen molar-refractivity contribution in [3.63, 3.8) is 0 Å². The van der Waals surface area contributed by atoms with Gasteiger partial charge in [-0.3, -0.25) is 0 Å². The largest absolute Gasteiger partial charge is 0.411 e. The monoisotopic (exact) mass is 169 g/mol. The molecule has 0 rings (SSSR count). The maximum absolute atomic E-state index is 8.21. The third kappa shape index (κ3) is 4.55. The molecule has 0 unspecified atom stereocenters. The van der Waals surface area contributed by atoms with Gasteiger partial charge in [0.2, 0.25) is 0 Å². The molecule has 0 aromatic rings. The molecule has 4 heteroatoms. The van der Waals surface area contributed by atoms with Crippen molar-refractivity contribution in [1.82, 2.24) is 0 Å². The Morgan fingerprint density at radius 2 is 2.11 bits per heavy atom. The highest BCUT2D eigenvalue weighted by atomic mass is 35.5. The SMILES string of the molecule is O/N=C(\CCl)CCCCl. The zero-order valence-corrected chi connectivity index (χ0v) is 6.49. The van der Waals surface area contributed by atoms with Gasteiger partial charge in [-0.05, 0) is 12.8 Å². The molecule has 9 heavy (non-hydrogen) atoms. The van der Waals surface area contributed by atoms with E-state index in [0.29, 0.717) is 18.0 Å². The normalized spacial score (nSPS) is 12.0. The molecule has 0 aromatic heterocycles. The molecule has 0 bridgehead atoms. The molecule has 0 heterocycles. The van der Waals surface area contributed by atoms with Crippen LogP contribution in [0, 0.1) is 0 Å². The lowest BCUT2D eigenvalue weighted by Gasteiger charge is -1.94. The van der Waals surface area contributed by atoms with E-state index in [4.69, 9.17) is 28.4 Å². The summed E-state index contributed by atoms with van der Waals surface area (Å²) in [7, 11) is 0. The van der Waals surface area contributed by atoms with E-state index in [1.165, 1.54) is 0 Å². The summed E-state index contributed by atoms with van der Waals surface area (Å²) in [6, 6.07) is 0. The molecule has 2 nitrogen and oxygen atoms in total. The summed E-state index contributed by atoms with van der Waals surface area (Å²) in [4.78, 5) is 0. The number of oxime groups is 1. The summed E-state index contributed by atoms with van der Waals surface area (Å²) >= 11 is 10.7. The van der Waals surface area contributed by atoms with E-state index in [1.54, 1.807) is 0 Å². The number of alkyl halides is 2. The van der Waals surface area contributed by atoms with Crippen LogP contribution in [0.15, 0.2) is 5.16 Å². The fourth-order valence-corrected chi connectivity index (χ4v) is 0.735. The topological polar surface area (TPSA) is 32.6 Å². The van der Waals surface area contributed by atoms with Crippen LogP contribution in [0.2, 0.25) is 0 Å². The van der Waals surface area contributed by atoms with Gasteiger partial charge >= 0.3 is 0 Å². The molecule has 0 aromatic carbocycles. The van der Waals surface area contributed by atoms with Crippen molar-refractivity contribution in [3.8, 4) is 0 Å². The van der Waals surface area contributed by atoms with E-state index in [2.05, 4.69) is 5.16 Å². The highest BCUT2D eigenvalue weighted by Gasteiger charge is 1.95. The Bertz CT molecular complexity index is 95.0. The maximum atomic E-state index is 8.21. The van der Waals surface area contributed by atoms with Crippen molar-refractivity contribution < 1.29 is 5.21 Å². The Morgan fingerprint density at radius 3 is 2.44 bits per heavy atom. The Hall–Kier alpha value is 0.0500. The highest BCUT2D eigenvalue weighted by Crippen LogP contribution is 1.96. The minimum Gasteiger partial charge on any atom is -0.411 e. The molecule has 0 saturated heterocycles. The average Bonchev–Trinajstić information content (AvgIpc) is 1.91. The molecule has 0 aliphatic heterocycles. The second-order valence-electron chi connectivity index (χ2n) is 1.59. The summed E-state index contributed by atoms with van der Waals surface area (Å²) in [5.74, 6) is 0.864. The van der Waals surface area contributed by atoms with E-state index in [1.807, 2.05) is 0 Å². The van der Waals surface area contributed by atoms with E-state index >= 15 is 0 Å². The van der Waals surface area contributed by atoms with Gasteiger partial charge in [0.05, 0.1) is 11.6 Å². The van der Waals surface area contributed by atoms with Crippen molar-refractivity contribution in [2.24, 2.45) is 5.16 Å². The van der Waals surface area contributed by atoms with Crippen LogP contribution >= 0.6 is 23.2 Å². The molecule has 54 valence electrons. The van der Waals surface area contributed by atoms with Crippen LogP contribution in [0.3, 0.4) is 0 Å². The first-order valence-corrected chi connectivity index (χ1v) is 3.73. The van der Waals surface area contributed by atoms with Gasteiger partial charge in [-0.15, -0.1) is 23.2 Å². The lowest BCUT2D eigenvalue weighted by molar-refractivity contribution is 0.317. The minimum atomic E-state index is 0.285. The Balaban J connectivity index is 3.33. The second-order valence-corrected chi connectivity index (χ2v) is 2.24. The zero-order valence-electron chi connectivity index (χ0n) is 4.98. The van der Waals surface area contributed by atoms with Crippen LogP contribution in [0.4, 0.5) is 0 Å². The van der Waals surface area contributed by atoms with Crippen molar-refractivity contribution in [1.29, 1.82) is 0 Å². The van der Waals surface area contributed by atoms with E-state index in [9.17, 15) is 0 Å². The predicted octanol–water partition coefficient (Wildman–Crippen LogP) is 2.07. The minimum absolute atomic E-state index is 0.285. The average molecular weight is 170 g/mol. The van der Waals surface area contributed by atoms with Gasteiger partial charge in [0.15, 0.2) is 0 Å². The van der Waals surface area contributed by atoms with Crippen LogP contribution in [0.1, 0.15) is 12.8 Å². The Morgan fingerprint density at radius 1 is 1.44 bits per heavy atom. The van der Waals surface area contributed by atoms with Gasteiger partial charge in [0.1, 0.15) is 0 Å². The summed E-state index contributed by atoms with van der Waals surface area (Å²) in [6.07, 6.45) is 1.50. The second kappa shape index (κ2) is 6.17. The first kappa shape index (κ1) is 9.05. The van der Waals surface area contributed by atoms with Crippen LogP contribution in [-0.2, 0) is 0 Å². The number of halogens is 2. The van der Waals surface area contributed by atoms with Crippen LogP contribution in [-0.4, -0.2) is 22.7 Å². The Kier molecular flexibility index (Phi) is 6.21. The molecule has 0 aliphatic rings. The molecule has 0 spiro atoms. The number of hydrogen-bond acceptors (Lipinski definition) is 2. The summed E-state index contributed by atoms with van der Waals surface area (Å²) < 4.78 is 0. The van der Waals surface area contributed by atoms with Crippen LogP contribution < -0.4 is 0 Å². The van der Waals surface area contributed by atoms with Crippen molar-refractivity contribution in [2.45, 2.75) is 12.8 Å². The third-order valence-electron chi connectivity index (χ3n) is 0.895. The molecule has 1 N–H and O–H groups in total. The number of hydrogen-bond donors (Lipinski definition) is 1. The molecule has 0 amide bonds. The molecule has 0 radical (unpaired) electrons. The maximum Gasteiger partial charge on any atom is 0.0718 e. The molecule has 0 atom stereocenters. The fraction of sp³-hybridized carbons (Fsp3) is 0.800. The number of nitrogens with zero attached hydrogens (tertiary/aromatic N) is 1. The van der Waals surface area contributed by atoms with Crippen molar-refractivity contribution >= 4 is 28.9 Å². The third-order valence-corrected chi connectivity index (χ3v) is 1.47. The lowest BCUT2D eigenvalue weighted by atomic mass is 10.2. The quantitative estimate of drug-likeness (QED) is 0.298. The molecular formula is C5H9Cl2NO. The first-order chi connectivity index (χ1) is 4.35. The van der Waals surface area contributed by atoms with Gasteiger partial charge in [0, 0.05) is 5.88 Å². The van der Waals surface area contributed by atoms with Gasteiger partial charge in [-0.2, -0.15) is 0 Å². The van der Waals surface area contributed by atoms with Crippen LogP contribution in [0.5, 0.6) is 0 Å². The zero-order chi connectivity index (χ0) is 7.11. The van der Waals surface area contributed by atoms with E-state index in [0.717, 1.165) is 6.42 Å². The first-order valence-electron chi connectivity index (χ1n) is 2.67. The van der Waals surface area contributed by atoms with Gasteiger partial charge in [-0.1, -0.05) is 5.16 Å². The van der Waals surface area contributed by atoms with Gasteiger partial charge in [-0.25, -0.2) is 0 Å². The molecule has 0 aliphatic carbocycles. The van der Waals surface area contributed by atoms with Gasteiger partial charge < -0.3 is 5.21 Å². The standard InChI is InChI=1S/C5H9Cl2NO/c6-3-1-2-5(4-7)8-9/h9H,1-4H2/b8-5-. The summed E-state index contributed by atoms with van der Waals surface area (Å²) in [6.45, 7) is 0. The molecule has 0 saturated carbocycles.